The first-order valence-corrected chi connectivity index (χ1v) is 13.4. The average Bonchev–Trinajstić information content (AvgIpc) is 3.13. The lowest BCUT2D eigenvalue weighted by Crippen LogP contribution is -2.58. The van der Waals surface area contributed by atoms with E-state index in [0.717, 1.165) is 31.3 Å². The van der Waals surface area contributed by atoms with Gasteiger partial charge >= 0.3 is 0 Å². The summed E-state index contributed by atoms with van der Waals surface area (Å²) in [6.45, 7) is 11.4. The number of benzene rings is 1. The van der Waals surface area contributed by atoms with Gasteiger partial charge in [-0.2, -0.15) is 4.31 Å². The molecule has 6 nitrogen and oxygen atoms in total. The number of hydrogen-bond acceptors (Lipinski definition) is 4. The van der Waals surface area contributed by atoms with E-state index in [1.807, 2.05) is 13.8 Å². The van der Waals surface area contributed by atoms with Crippen LogP contribution in [0.5, 0.6) is 0 Å². The molecule has 0 unspecified atom stereocenters. The monoisotopic (exact) mass is 472 g/mol. The molecule has 180 valence electrons. The second kappa shape index (κ2) is 8.05. The smallest absolute Gasteiger partial charge is 0.258 e. The number of nitro benzene ring substituents is 1. The summed E-state index contributed by atoms with van der Waals surface area (Å²) in [6, 6.07) is 5.73. The van der Waals surface area contributed by atoms with E-state index in [4.69, 9.17) is 0 Å². The topological polar surface area (TPSA) is 80.5 Å². The van der Waals surface area contributed by atoms with Gasteiger partial charge < -0.3 is 0 Å². The van der Waals surface area contributed by atoms with E-state index in [-0.39, 0.29) is 28.0 Å². The molecule has 33 heavy (non-hydrogen) atoms. The molecule has 1 aliphatic heterocycles. The molecule has 0 spiro atoms. The molecule has 1 aromatic carbocycles. The molecular weight excluding hydrogens is 436 g/mol. The van der Waals surface area contributed by atoms with E-state index in [1.165, 1.54) is 30.2 Å². The van der Waals surface area contributed by atoms with Gasteiger partial charge in [-0.3, -0.25) is 10.1 Å². The number of allylic oxidation sites excluding steroid dienone is 1. The Hall–Kier alpha value is -1.99. The van der Waals surface area contributed by atoms with Crippen molar-refractivity contribution in [2.75, 3.05) is 6.54 Å². The fourth-order valence-corrected chi connectivity index (χ4v) is 9.08. The first kappa shape index (κ1) is 24.1. The van der Waals surface area contributed by atoms with Crippen LogP contribution < -0.4 is 0 Å². The highest BCUT2D eigenvalue weighted by Gasteiger charge is 2.62. The second-order valence-corrected chi connectivity index (χ2v) is 13.1. The lowest BCUT2D eigenvalue weighted by molar-refractivity contribution is -0.387. The second-order valence-electron chi connectivity index (χ2n) is 11.2. The van der Waals surface area contributed by atoms with Gasteiger partial charge in [-0.15, -0.1) is 0 Å². The molecule has 4 rings (SSSR count). The van der Waals surface area contributed by atoms with E-state index in [0.29, 0.717) is 12.3 Å². The molecule has 0 aromatic heterocycles. The highest BCUT2D eigenvalue weighted by Crippen LogP contribution is 2.65. The van der Waals surface area contributed by atoms with Gasteiger partial charge in [0.15, 0.2) is 4.90 Å². The van der Waals surface area contributed by atoms with Crippen LogP contribution in [0.1, 0.15) is 73.1 Å². The van der Waals surface area contributed by atoms with Gasteiger partial charge in [-0.25, -0.2) is 8.42 Å². The fourth-order valence-electron chi connectivity index (χ4n) is 7.19. The third-order valence-electron chi connectivity index (χ3n) is 8.61. The molecule has 7 heteroatoms. The largest absolute Gasteiger partial charge is 0.289 e. The summed E-state index contributed by atoms with van der Waals surface area (Å²) in [5.41, 5.74) is 1.50. The van der Waals surface area contributed by atoms with E-state index in [2.05, 4.69) is 32.9 Å². The van der Waals surface area contributed by atoms with Crippen LogP contribution in [0.2, 0.25) is 0 Å². The predicted molar refractivity (Wildman–Crippen MR) is 130 cm³/mol. The van der Waals surface area contributed by atoms with Crippen molar-refractivity contribution in [1.29, 1.82) is 0 Å². The average molecular weight is 473 g/mol. The third-order valence-corrected chi connectivity index (χ3v) is 10.6. The Bertz CT molecular complexity index is 1130. The zero-order chi connectivity index (χ0) is 24.2. The standard InChI is InChI=1S/C26H36N2O4S/c1-19(2)11-16-26-17-12-22-24(3,4)14-8-15-25(22,5)23(26)13-18-27(26)33(31,32)21-10-7-6-9-20(21)28(29)30/h6-7,9-11,13,22H,8,12,14-18H2,1-5H3/t22-,25-,26+/m0/s1. The molecule has 1 aromatic rings. The zero-order valence-corrected chi connectivity index (χ0v) is 21.2. The quantitative estimate of drug-likeness (QED) is 0.288. The first-order chi connectivity index (χ1) is 15.4. The summed E-state index contributed by atoms with van der Waals surface area (Å²) >= 11 is 0. The summed E-state index contributed by atoms with van der Waals surface area (Å²) in [5, 5.41) is 11.7. The van der Waals surface area contributed by atoms with Gasteiger partial charge in [-0.1, -0.05) is 57.0 Å². The van der Waals surface area contributed by atoms with Gasteiger partial charge in [0.2, 0.25) is 0 Å². The lowest BCUT2D eigenvalue weighted by Gasteiger charge is -2.60. The SMILES string of the molecule is CC(C)=CC[C@@]12CC[C@H]3C(C)(C)CCC[C@]3(C)C1=CCN2S(=O)(=O)c1ccccc1[N+](=O)[O-]. The molecule has 2 aliphatic carbocycles. The van der Waals surface area contributed by atoms with Crippen molar-refractivity contribution in [2.24, 2.45) is 16.7 Å². The number of nitro groups is 1. The van der Waals surface area contributed by atoms with Crippen molar-refractivity contribution >= 4 is 15.7 Å². The Morgan fingerprint density at radius 3 is 2.55 bits per heavy atom. The van der Waals surface area contributed by atoms with Crippen LogP contribution in [0, 0.1) is 26.9 Å². The van der Waals surface area contributed by atoms with Crippen LogP contribution in [0.4, 0.5) is 5.69 Å². The normalized spacial score (nSPS) is 31.3. The van der Waals surface area contributed by atoms with Crippen molar-refractivity contribution in [2.45, 2.75) is 83.6 Å². The maximum atomic E-state index is 14.0. The Kier molecular flexibility index (Phi) is 5.89. The van der Waals surface area contributed by atoms with Crippen molar-refractivity contribution in [3.05, 3.63) is 57.7 Å². The minimum Gasteiger partial charge on any atom is -0.258 e. The molecule has 0 saturated heterocycles. The number of sulfonamides is 1. The molecule has 0 radical (unpaired) electrons. The van der Waals surface area contributed by atoms with E-state index in [1.54, 1.807) is 10.4 Å². The van der Waals surface area contributed by atoms with Gasteiger partial charge in [0, 0.05) is 12.6 Å². The van der Waals surface area contributed by atoms with E-state index in [9.17, 15) is 18.5 Å². The number of hydrogen-bond donors (Lipinski definition) is 0. The van der Waals surface area contributed by atoms with Gasteiger partial charge in [0.25, 0.3) is 15.7 Å². The van der Waals surface area contributed by atoms with Crippen LogP contribution in [0.15, 0.2) is 52.5 Å². The van der Waals surface area contributed by atoms with E-state index >= 15 is 0 Å². The first-order valence-electron chi connectivity index (χ1n) is 12.0. The van der Waals surface area contributed by atoms with Crippen LogP contribution in [-0.4, -0.2) is 29.7 Å². The minimum absolute atomic E-state index is 0.0671. The summed E-state index contributed by atoms with van der Waals surface area (Å²) in [7, 11) is -4.07. The molecule has 0 bridgehead atoms. The molecule has 0 amide bonds. The van der Waals surface area contributed by atoms with Crippen LogP contribution in [0.3, 0.4) is 0 Å². The predicted octanol–water partition coefficient (Wildman–Crippen LogP) is 6.25. The Morgan fingerprint density at radius 2 is 1.88 bits per heavy atom. The molecule has 3 aliphatic rings. The van der Waals surface area contributed by atoms with E-state index < -0.39 is 20.5 Å². The van der Waals surface area contributed by atoms with Crippen molar-refractivity contribution in [3.8, 4) is 0 Å². The number of rotatable bonds is 5. The third kappa shape index (κ3) is 3.68. The van der Waals surface area contributed by atoms with Gasteiger partial charge in [0.1, 0.15) is 0 Å². The number of fused-ring (bicyclic) bond motifs is 3. The lowest BCUT2D eigenvalue weighted by atomic mass is 9.47. The minimum atomic E-state index is -4.07. The summed E-state index contributed by atoms with van der Waals surface area (Å²) < 4.78 is 29.6. The molecular formula is C26H36N2O4S. The Morgan fingerprint density at radius 1 is 1.18 bits per heavy atom. The van der Waals surface area contributed by atoms with Gasteiger partial charge in [-0.05, 0) is 74.3 Å². The Balaban J connectivity index is 1.86. The summed E-state index contributed by atoms with van der Waals surface area (Å²) in [6.07, 6.45) is 9.96. The highest BCUT2D eigenvalue weighted by molar-refractivity contribution is 7.89. The maximum Gasteiger partial charge on any atom is 0.289 e. The number of para-hydroxylation sites is 1. The van der Waals surface area contributed by atoms with Crippen molar-refractivity contribution in [1.82, 2.24) is 4.31 Å². The van der Waals surface area contributed by atoms with Gasteiger partial charge in [0.05, 0.1) is 10.5 Å². The zero-order valence-electron chi connectivity index (χ0n) is 20.4. The summed E-state index contributed by atoms with van der Waals surface area (Å²) in [4.78, 5) is 10.9. The molecule has 3 atom stereocenters. The van der Waals surface area contributed by atoms with Crippen LogP contribution in [0.25, 0.3) is 0 Å². The molecule has 0 N–H and O–H groups in total. The maximum absolute atomic E-state index is 14.0. The number of nitrogens with zero attached hydrogens (tertiary/aromatic N) is 2. The van der Waals surface area contributed by atoms with Crippen LogP contribution >= 0.6 is 0 Å². The summed E-state index contributed by atoms with van der Waals surface area (Å²) in [5.74, 6) is 0.499. The van der Waals surface area contributed by atoms with Crippen LogP contribution in [-0.2, 0) is 10.0 Å². The molecule has 1 heterocycles. The Labute approximate surface area is 198 Å². The van der Waals surface area contributed by atoms with Crippen molar-refractivity contribution < 1.29 is 13.3 Å². The molecule has 2 saturated carbocycles. The van der Waals surface area contributed by atoms with Crippen molar-refractivity contribution in [3.63, 3.8) is 0 Å². The fraction of sp³-hybridized carbons (Fsp3) is 0.615. The highest BCUT2D eigenvalue weighted by atomic mass is 32.2. The molecule has 2 fully saturated rings.